The number of carboxylic acids is 2. The Morgan fingerprint density at radius 3 is 2.38 bits per heavy atom. The van der Waals surface area contributed by atoms with E-state index in [1.54, 1.807) is 13.8 Å². The maximum Gasteiger partial charge on any atom is 0.326 e. The largest absolute Gasteiger partial charge is 0.481 e. The predicted octanol–water partition coefficient (Wildman–Crippen LogP) is -0.605. The molecule has 0 radical (unpaired) electrons. The second-order valence-electron chi connectivity index (χ2n) is 6.29. The Bertz CT molecular complexity index is 507. The van der Waals surface area contributed by atoms with Crippen LogP contribution in [0.25, 0.3) is 0 Å². The first kappa shape index (κ1) is 19.9. The Balaban J connectivity index is 2.87. The first-order valence-electron chi connectivity index (χ1n) is 7.96. The standard InChI is InChI=1S/C15H25N3O6/c1-8(2)12(16)13(21)17-9(5-6-11(19)20)14(22)18-7-3-4-10(18)15(23)24/h8-10,12H,3-7,16H2,1-2H3,(H,17,21)(H,19,20)(H,23,24). The van der Waals surface area contributed by atoms with Crippen LogP contribution in [0.4, 0.5) is 0 Å². The van der Waals surface area contributed by atoms with Crippen molar-refractivity contribution >= 4 is 23.8 Å². The van der Waals surface area contributed by atoms with Gasteiger partial charge in [-0.3, -0.25) is 14.4 Å². The molecule has 3 unspecified atom stereocenters. The highest BCUT2D eigenvalue weighted by atomic mass is 16.4. The number of amides is 2. The molecule has 1 rings (SSSR count). The maximum absolute atomic E-state index is 12.6. The van der Waals surface area contributed by atoms with Crippen molar-refractivity contribution in [2.75, 3.05) is 6.54 Å². The van der Waals surface area contributed by atoms with Gasteiger partial charge in [0.25, 0.3) is 0 Å². The Labute approximate surface area is 140 Å². The number of carbonyl (C=O) groups excluding carboxylic acids is 2. The molecule has 2 amide bonds. The number of nitrogens with zero attached hydrogens (tertiary/aromatic N) is 1. The molecule has 1 aliphatic rings. The predicted molar refractivity (Wildman–Crippen MR) is 84.0 cm³/mol. The van der Waals surface area contributed by atoms with E-state index in [4.69, 9.17) is 10.8 Å². The second-order valence-corrected chi connectivity index (χ2v) is 6.29. The van der Waals surface area contributed by atoms with E-state index in [0.29, 0.717) is 12.8 Å². The molecule has 3 atom stereocenters. The molecule has 1 heterocycles. The zero-order chi connectivity index (χ0) is 18.4. The number of likely N-dealkylation sites (tertiary alicyclic amines) is 1. The van der Waals surface area contributed by atoms with E-state index in [1.165, 1.54) is 4.90 Å². The van der Waals surface area contributed by atoms with Crippen LogP contribution >= 0.6 is 0 Å². The highest BCUT2D eigenvalue weighted by Gasteiger charge is 2.38. The first-order chi connectivity index (χ1) is 11.1. The summed E-state index contributed by atoms with van der Waals surface area (Å²) in [6.45, 7) is 3.77. The Kier molecular flexibility index (Phi) is 7.15. The number of nitrogens with one attached hydrogen (secondary N) is 1. The molecule has 24 heavy (non-hydrogen) atoms. The van der Waals surface area contributed by atoms with Gasteiger partial charge < -0.3 is 26.2 Å². The lowest BCUT2D eigenvalue weighted by Gasteiger charge is -2.28. The summed E-state index contributed by atoms with van der Waals surface area (Å²) in [5.74, 6) is -3.50. The summed E-state index contributed by atoms with van der Waals surface area (Å²) >= 11 is 0. The number of carbonyl (C=O) groups is 4. The van der Waals surface area contributed by atoms with Gasteiger partial charge in [-0.1, -0.05) is 13.8 Å². The number of hydrogen-bond acceptors (Lipinski definition) is 5. The fourth-order valence-corrected chi connectivity index (χ4v) is 2.58. The number of hydrogen-bond donors (Lipinski definition) is 4. The third kappa shape index (κ3) is 5.19. The summed E-state index contributed by atoms with van der Waals surface area (Å²) in [5.41, 5.74) is 5.75. The van der Waals surface area contributed by atoms with E-state index < -0.39 is 41.9 Å². The minimum absolute atomic E-state index is 0.117. The first-order valence-corrected chi connectivity index (χ1v) is 7.96. The van der Waals surface area contributed by atoms with E-state index >= 15 is 0 Å². The lowest BCUT2D eigenvalue weighted by atomic mass is 10.0. The van der Waals surface area contributed by atoms with Crippen molar-refractivity contribution in [3.63, 3.8) is 0 Å². The molecule has 5 N–H and O–H groups in total. The molecule has 0 aromatic heterocycles. The van der Waals surface area contributed by atoms with Crippen LogP contribution in [0.3, 0.4) is 0 Å². The molecule has 0 aromatic rings. The van der Waals surface area contributed by atoms with Gasteiger partial charge in [0, 0.05) is 13.0 Å². The quantitative estimate of drug-likeness (QED) is 0.459. The number of nitrogens with two attached hydrogens (primary N) is 1. The van der Waals surface area contributed by atoms with Crippen molar-refractivity contribution < 1.29 is 29.4 Å². The van der Waals surface area contributed by atoms with Crippen molar-refractivity contribution in [3.05, 3.63) is 0 Å². The zero-order valence-electron chi connectivity index (χ0n) is 13.9. The van der Waals surface area contributed by atoms with Crippen molar-refractivity contribution in [2.45, 2.75) is 57.7 Å². The average molecular weight is 343 g/mol. The molecule has 0 aliphatic carbocycles. The number of aliphatic carboxylic acids is 2. The lowest BCUT2D eigenvalue weighted by Crippen LogP contribution is -2.55. The van der Waals surface area contributed by atoms with Gasteiger partial charge in [-0.25, -0.2) is 4.79 Å². The molecule has 1 aliphatic heterocycles. The van der Waals surface area contributed by atoms with Gasteiger partial charge in [-0.15, -0.1) is 0 Å². The van der Waals surface area contributed by atoms with E-state index in [1.807, 2.05) is 0 Å². The molecular weight excluding hydrogens is 318 g/mol. The van der Waals surface area contributed by atoms with Crippen LogP contribution in [-0.2, 0) is 19.2 Å². The van der Waals surface area contributed by atoms with Crippen molar-refractivity contribution in [1.29, 1.82) is 0 Å². The van der Waals surface area contributed by atoms with Crippen LogP contribution in [0.2, 0.25) is 0 Å². The Hall–Kier alpha value is -2.16. The number of rotatable bonds is 8. The third-order valence-corrected chi connectivity index (χ3v) is 4.10. The van der Waals surface area contributed by atoms with Crippen molar-refractivity contribution in [3.8, 4) is 0 Å². The molecule has 1 saturated heterocycles. The highest BCUT2D eigenvalue weighted by molar-refractivity contribution is 5.92. The van der Waals surface area contributed by atoms with Crippen LogP contribution in [0, 0.1) is 5.92 Å². The van der Waals surface area contributed by atoms with E-state index in [-0.39, 0.29) is 25.3 Å². The fraction of sp³-hybridized carbons (Fsp3) is 0.733. The van der Waals surface area contributed by atoms with Crippen molar-refractivity contribution in [1.82, 2.24) is 10.2 Å². The van der Waals surface area contributed by atoms with E-state index in [9.17, 15) is 24.3 Å². The topological polar surface area (TPSA) is 150 Å². The van der Waals surface area contributed by atoms with Gasteiger partial charge in [0.15, 0.2) is 0 Å². The van der Waals surface area contributed by atoms with Crippen LogP contribution < -0.4 is 11.1 Å². The van der Waals surface area contributed by atoms with Crippen LogP contribution in [-0.4, -0.2) is 63.5 Å². The molecule has 9 nitrogen and oxygen atoms in total. The van der Waals surface area contributed by atoms with E-state index in [2.05, 4.69) is 5.32 Å². The van der Waals surface area contributed by atoms with E-state index in [0.717, 1.165) is 0 Å². The van der Waals surface area contributed by atoms with Crippen LogP contribution in [0.5, 0.6) is 0 Å². The Morgan fingerprint density at radius 2 is 1.88 bits per heavy atom. The molecule has 1 fully saturated rings. The van der Waals surface area contributed by atoms with Crippen molar-refractivity contribution in [2.24, 2.45) is 11.7 Å². The van der Waals surface area contributed by atoms with Crippen LogP contribution in [0.15, 0.2) is 0 Å². The lowest BCUT2D eigenvalue weighted by molar-refractivity contribution is -0.150. The summed E-state index contributed by atoms with van der Waals surface area (Å²) in [6, 6.07) is -2.88. The van der Waals surface area contributed by atoms with Gasteiger partial charge in [-0.05, 0) is 25.2 Å². The third-order valence-electron chi connectivity index (χ3n) is 4.10. The van der Waals surface area contributed by atoms with Gasteiger partial charge in [0.2, 0.25) is 11.8 Å². The highest BCUT2D eigenvalue weighted by Crippen LogP contribution is 2.19. The van der Waals surface area contributed by atoms with Gasteiger partial charge in [0.1, 0.15) is 12.1 Å². The summed E-state index contributed by atoms with van der Waals surface area (Å²) in [7, 11) is 0. The molecule has 0 aromatic carbocycles. The molecule has 136 valence electrons. The molecule has 0 saturated carbocycles. The van der Waals surface area contributed by atoms with Gasteiger partial charge in [-0.2, -0.15) is 0 Å². The molecule has 9 heteroatoms. The Morgan fingerprint density at radius 1 is 1.25 bits per heavy atom. The normalized spacial score (nSPS) is 19.8. The summed E-state index contributed by atoms with van der Waals surface area (Å²) in [5, 5.41) is 20.5. The number of carboxylic acid groups (broad SMARTS) is 2. The molecule has 0 bridgehead atoms. The maximum atomic E-state index is 12.6. The summed E-state index contributed by atoms with van der Waals surface area (Å²) in [4.78, 5) is 47.9. The minimum Gasteiger partial charge on any atom is -0.481 e. The summed E-state index contributed by atoms with van der Waals surface area (Å²) < 4.78 is 0. The van der Waals surface area contributed by atoms with Gasteiger partial charge >= 0.3 is 11.9 Å². The SMILES string of the molecule is CC(C)C(N)C(=O)NC(CCC(=O)O)C(=O)N1CCCC1C(=O)O. The minimum atomic E-state index is -1.11. The zero-order valence-corrected chi connectivity index (χ0v) is 13.9. The second kappa shape index (κ2) is 8.62. The molecule has 0 spiro atoms. The fourth-order valence-electron chi connectivity index (χ4n) is 2.58. The molecular formula is C15H25N3O6. The summed E-state index contributed by atoms with van der Waals surface area (Å²) in [6.07, 6.45) is 0.451. The van der Waals surface area contributed by atoms with Crippen LogP contribution in [0.1, 0.15) is 39.5 Å². The smallest absolute Gasteiger partial charge is 0.326 e. The van der Waals surface area contributed by atoms with Gasteiger partial charge in [0.05, 0.1) is 6.04 Å². The monoisotopic (exact) mass is 343 g/mol. The average Bonchev–Trinajstić information content (AvgIpc) is 2.99.